The van der Waals surface area contributed by atoms with E-state index in [1.807, 2.05) is 35.7 Å². The zero-order chi connectivity index (χ0) is 18.6. The van der Waals surface area contributed by atoms with Crippen LogP contribution in [0.5, 0.6) is 0 Å². The number of nitrogens with two attached hydrogens (primary N) is 1. The molecule has 4 aromatic rings. The molecule has 1 aromatic carbocycles. The molecule has 0 amide bonds. The van der Waals surface area contributed by atoms with Gasteiger partial charge in [-0.15, -0.1) is 11.3 Å². The molecular formula is C20H18ClN5S. The monoisotopic (exact) mass is 395 g/mol. The van der Waals surface area contributed by atoms with E-state index in [1.54, 1.807) is 23.7 Å². The molecule has 0 aliphatic carbocycles. The third-order valence-corrected chi connectivity index (χ3v) is 5.40. The Hall–Kier alpha value is -2.54. The van der Waals surface area contributed by atoms with Gasteiger partial charge in [-0.1, -0.05) is 41.9 Å². The minimum absolute atomic E-state index is 0.0228. The van der Waals surface area contributed by atoms with E-state index < -0.39 is 0 Å². The van der Waals surface area contributed by atoms with Crippen molar-refractivity contribution in [1.29, 1.82) is 0 Å². The molecule has 1 atom stereocenters. The number of anilines is 1. The Morgan fingerprint density at radius 1 is 1.11 bits per heavy atom. The average Bonchev–Trinajstić information content (AvgIpc) is 3.16. The minimum atomic E-state index is -0.0228. The quantitative estimate of drug-likeness (QED) is 0.506. The molecule has 3 aromatic heterocycles. The van der Waals surface area contributed by atoms with Crippen LogP contribution in [0.4, 0.5) is 5.82 Å². The van der Waals surface area contributed by atoms with E-state index in [9.17, 15) is 0 Å². The second kappa shape index (κ2) is 8.00. The average molecular weight is 396 g/mol. The zero-order valence-corrected chi connectivity index (χ0v) is 16.0. The number of fused-ring (bicyclic) bond motifs is 1. The van der Waals surface area contributed by atoms with Gasteiger partial charge < -0.3 is 11.1 Å². The summed E-state index contributed by atoms with van der Waals surface area (Å²) in [4.78, 5) is 13.4. The van der Waals surface area contributed by atoms with E-state index >= 15 is 0 Å². The topological polar surface area (TPSA) is 76.7 Å². The number of hydrogen-bond acceptors (Lipinski definition) is 6. The van der Waals surface area contributed by atoms with Crippen LogP contribution in [0.1, 0.15) is 5.56 Å². The fraction of sp³-hybridized carbons (Fsp3) is 0.150. The highest BCUT2D eigenvalue weighted by Crippen LogP contribution is 2.31. The molecule has 1 unspecified atom stereocenters. The molecule has 27 heavy (non-hydrogen) atoms. The van der Waals surface area contributed by atoms with Gasteiger partial charge in [0.15, 0.2) is 5.82 Å². The smallest absolute Gasteiger partial charge is 0.163 e. The van der Waals surface area contributed by atoms with Crippen molar-refractivity contribution in [3.8, 4) is 11.4 Å². The number of benzene rings is 1. The van der Waals surface area contributed by atoms with Gasteiger partial charge in [0.05, 0.1) is 15.2 Å². The summed E-state index contributed by atoms with van der Waals surface area (Å²) < 4.78 is 1.01. The lowest BCUT2D eigenvalue weighted by atomic mass is 10.1. The summed E-state index contributed by atoms with van der Waals surface area (Å²) in [7, 11) is 0. The highest BCUT2D eigenvalue weighted by atomic mass is 35.5. The van der Waals surface area contributed by atoms with Crippen molar-refractivity contribution < 1.29 is 0 Å². The normalized spacial score (nSPS) is 12.2. The summed E-state index contributed by atoms with van der Waals surface area (Å²) in [5, 5.41) is 5.93. The van der Waals surface area contributed by atoms with E-state index in [1.165, 1.54) is 5.56 Å². The molecule has 7 heteroatoms. The maximum atomic E-state index is 6.31. The van der Waals surface area contributed by atoms with E-state index in [2.05, 4.69) is 27.4 Å². The predicted molar refractivity (Wildman–Crippen MR) is 112 cm³/mol. The second-order valence-corrected chi connectivity index (χ2v) is 7.54. The van der Waals surface area contributed by atoms with E-state index in [0.717, 1.165) is 28.0 Å². The van der Waals surface area contributed by atoms with Crippen molar-refractivity contribution >= 4 is 39.0 Å². The second-order valence-electron chi connectivity index (χ2n) is 6.22. The lowest BCUT2D eigenvalue weighted by molar-refractivity contribution is 0.698. The van der Waals surface area contributed by atoms with Gasteiger partial charge in [-0.3, -0.25) is 4.98 Å². The molecule has 0 bridgehead atoms. The number of pyridine rings is 1. The van der Waals surface area contributed by atoms with Crippen LogP contribution in [-0.2, 0) is 6.42 Å². The third-order valence-electron chi connectivity index (χ3n) is 4.19. The van der Waals surface area contributed by atoms with E-state index in [-0.39, 0.29) is 6.04 Å². The Morgan fingerprint density at radius 2 is 1.96 bits per heavy atom. The number of nitrogens with zero attached hydrogens (tertiary/aromatic N) is 3. The van der Waals surface area contributed by atoms with Crippen molar-refractivity contribution in [2.75, 3.05) is 11.9 Å². The van der Waals surface area contributed by atoms with Crippen LogP contribution in [-0.4, -0.2) is 27.5 Å². The van der Waals surface area contributed by atoms with Crippen LogP contribution in [0, 0.1) is 0 Å². The molecule has 0 saturated carbocycles. The van der Waals surface area contributed by atoms with Crippen molar-refractivity contribution in [1.82, 2.24) is 15.0 Å². The van der Waals surface area contributed by atoms with Gasteiger partial charge >= 0.3 is 0 Å². The Morgan fingerprint density at radius 3 is 2.78 bits per heavy atom. The maximum Gasteiger partial charge on any atom is 0.163 e. The van der Waals surface area contributed by atoms with Gasteiger partial charge in [0.2, 0.25) is 0 Å². The molecular weight excluding hydrogens is 378 g/mol. The third kappa shape index (κ3) is 4.08. The zero-order valence-electron chi connectivity index (χ0n) is 14.5. The van der Waals surface area contributed by atoms with Gasteiger partial charge in [0.25, 0.3) is 0 Å². The largest absolute Gasteiger partial charge is 0.367 e. The first kappa shape index (κ1) is 17.9. The standard InChI is InChI=1S/C20H18ClN5S/c21-16-12-23-8-6-15(16)19-25-17-7-9-27-18(17)20(26-19)24-11-14(22)10-13-4-2-1-3-5-13/h1-9,12,14H,10-11,22H2,(H,24,25,26). The molecule has 136 valence electrons. The fourth-order valence-electron chi connectivity index (χ4n) is 2.88. The number of halogens is 1. The first-order valence-corrected chi connectivity index (χ1v) is 9.85. The summed E-state index contributed by atoms with van der Waals surface area (Å²) in [6, 6.07) is 14.0. The van der Waals surface area contributed by atoms with Crippen LogP contribution >= 0.6 is 22.9 Å². The summed E-state index contributed by atoms with van der Waals surface area (Å²) in [6.07, 6.45) is 4.09. The van der Waals surface area contributed by atoms with Crippen molar-refractivity contribution in [2.24, 2.45) is 5.73 Å². The molecule has 0 aliphatic rings. The van der Waals surface area contributed by atoms with Gasteiger partial charge in [-0.05, 0) is 29.5 Å². The number of rotatable bonds is 6. The Bertz CT molecular complexity index is 1050. The number of thiophene rings is 1. The van der Waals surface area contributed by atoms with E-state index in [4.69, 9.17) is 22.3 Å². The molecule has 4 rings (SSSR count). The molecule has 5 nitrogen and oxygen atoms in total. The highest BCUT2D eigenvalue weighted by molar-refractivity contribution is 7.17. The maximum absolute atomic E-state index is 6.31. The summed E-state index contributed by atoms with van der Waals surface area (Å²) in [5.41, 5.74) is 9.18. The SMILES string of the molecule is NC(CNc1nc(-c2ccncc2Cl)nc2ccsc12)Cc1ccccc1. The van der Waals surface area contributed by atoms with E-state index in [0.29, 0.717) is 17.4 Å². The summed E-state index contributed by atoms with van der Waals surface area (Å²) >= 11 is 7.88. The number of aromatic nitrogens is 3. The van der Waals surface area contributed by atoms with Crippen molar-refractivity contribution in [3.05, 3.63) is 70.8 Å². The van der Waals surface area contributed by atoms with Gasteiger partial charge in [0.1, 0.15) is 5.82 Å². The highest BCUT2D eigenvalue weighted by Gasteiger charge is 2.14. The molecule has 0 radical (unpaired) electrons. The van der Waals surface area contributed by atoms with Gasteiger partial charge in [-0.2, -0.15) is 0 Å². The first-order valence-electron chi connectivity index (χ1n) is 8.59. The Balaban J connectivity index is 1.58. The van der Waals surface area contributed by atoms with Crippen LogP contribution in [0.2, 0.25) is 5.02 Å². The van der Waals surface area contributed by atoms with Gasteiger partial charge in [0, 0.05) is 30.5 Å². The molecule has 0 saturated heterocycles. The molecule has 0 fully saturated rings. The Kier molecular flexibility index (Phi) is 5.29. The van der Waals surface area contributed by atoms with Gasteiger partial charge in [-0.25, -0.2) is 9.97 Å². The van der Waals surface area contributed by atoms with Crippen molar-refractivity contribution in [2.45, 2.75) is 12.5 Å². The van der Waals surface area contributed by atoms with Crippen LogP contribution in [0.25, 0.3) is 21.6 Å². The first-order chi connectivity index (χ1) is 13.2. The lowest BCUT2D eigenvalue weighted by Crippen LogP contribution is -2.31. The summed E-state index contributed by atoms with van der Waals surface area (Å²) in [5.74, 6) is 1.36. The number of nitrogens with one attached hydrogen (secondary N) is 1. The van der Waals surface area contributed by atoms with Crippen LogP contribution < -0.4 is 11.1 Å². The Labute approximate surface area is 166 Å². The van der Waals surface area contributed by atoms with Crippen LogP contribution in [0.3, 0.4) is 0 Å². The lowest BCUT2D eigenvalue weighted by Gasteiger charge is -2.14. The number of hydrogen-bond donors (Lipinski definition) is 2. The molecule has 0 spiro atoms. The van der Waals surface area contributed by atoms with Crippen LogP contribution in [0.15, 0.2) is 60.2 Å². The molecule has 3 heterocycles. The molecule has 3 N–H and O–H groups in total. The minimum Gasteiger partial charge on any atom is -0.367 e. The molecule has 0 aliphatic heterocycles. The summed E-state index contributed by atoms with van der Waals surface area (Å²) in [6.45, 7) is 0.614. The predicted octanol–water partition coefficient (Wildman–Crippen LogP) is 4.39. The van der Waals surface area contributed by atoms with Crippen molar-refractivity contribution in [3.63, 3.8) is 0 Å². The fourth-order valence-corrected chi connectivity index (χ4v) is 3.88.